The Hall–Kier alpha value is -1.70. The first-order chi connectivity index (χ1) is 9.11. The lowest BCUT2D eigenvalue weighted by atomic mass is 9.78. The van der Waals surface area contributed by atoms with Crippen molar-refractivity contribution in [3.63, 3.8) is 0 Å². The molecule has 0 radical (unpaired) electrons. The highest BCUT2D eigenvalue weighted by Gasteiger charge is 2.33. The molecule has 0 saturated carbocycles. The van der Waals surface area contributed by atoms with Gasteiger partial charge < -0.3 is 0 Å². The van der Waals surface area contributed by atoms with Crippen LogP contribution in [0.1, 0.15) is 45.6 Å². The van der Waals surface area contributed by atoms with E-state index < -0.39 is 5.54 Å². The molecular weight excluding hydrogens is 234 g/mol. The van der Waals surface area contributed by atoms with Gasteiger partial charge in [0, 0.05) is 0 Å². The summed E-state index contributed by atoms with van der Waals surface area (Å²) in [7, 11) is 0. The molecule has 0 bridgehead atoms. The third-order valence-corrected chi connectivity index (χ3v) is 4.22. The van der Waals surface area contributed by atoms with E-state index in [0.29, 0.717) is 0 Å². The SMILES string of the molecule is CCC1=C(C)C=C(C(C)(N=O)c2ccccc2)CC1. The molecule has 2 heteroatoms. The zero-order valence-corrected chi connectivity index (χ0v) is 11.9. The zero-order chi connectivity index (χ0) is 13.9. The molecule has 1 aliphatic carbocycles. The lowest BCUT2D eigenvalue weighted by Gasteiger charge is -2.29. The maximum atomic E-state index is 11.5. The number of benzene rings is 1. The molecule has 0 fully saturated rings. The molecule has 0 spiro atoms. The van der Waals surface area contributed by atoms with Gasteiger partial charge in [-0.1, -0.05) is 59.7 Å². The van der Waals surface area contributed by atoms with Gasteiger partial charge in [0.05, 0.1) is 0 Å². The van der Waals surface area contributed by atoms with Crippen LogP contribution in [0.4, 0.5) is 0 Å². The lowest BCUT2D eigenvalue weighted by molar-refractivity contribution is 0.550. The van der Waals surface area contributed by atoms with Gasteiger partial charge in [-0.3, -0.25) is 0 Å². The molecule has 1 aromatic carbocycles. The Balaban J connectivity index is 2.44. The highest BCUT2D eigenvalue weighted by Crippen LogP contribution is 2.40. The number of rotatable bonds is 4. The molecule has 0 saturated heterocycles. The standard InChI is InChI=1S/C17H21NO/c1-4-14-10-11-16(12-13(14)2)17(3,18-19)15-8-6-5-7-9-15/h5-9,12H,4,10-11H2,1-3H3. The van der Waals surface area contributed by atoms with Crippen LogP contribution in [-0.2, 0) is 5.54 Å². The minimum Gasteiger partial charge on any atom is -0.149 e. The maximum absolute atomic E-state index is 11.5. The van der Waals surface area contributed by atoms with Gasteiger partial charge in [0.15, 0.2) is 0 Å². The average molecular weight is 255 g/mol. The van der Waals surface area contributed by atoms with Crippen molar-refractivity contribution in [2.45, 2.75) is 45.6 Å². The number of hydrogen-bond donors (Lipinski definition) is 0. The fourth-order valence-corrected chi connectivity index (χ4v) is 2.82. The van der Waals surface area contributed by atoms with E-state index in [1.54, 1.807) is 0 Å². The molecular formula is C17H21NO. The number of allylic oxidation sites excluding steroid dienone is 3. The van der Waals surface area contributed by atoms with E-state index in [0.717, 1.165) is 30.4 Å². The molecule has 2 rings (SSSR count). The average Bonchev–Trinajstić information content (AvgIpc) is 2.47. The predicted octanol–water partition coefficient (Wildman–Crippen LogP) is 5.11. The predicted molar refractivity (Wildman–Crippen MR) is 79.9 cm³/mol. The topological polar surface area (TPSA) is 29.4 Å². The van der Waals surface area contributed by atoms with Crippen LogP contribution in [0.15, 0.2) is 58.3 Å². The summed E-state index contributed by atoms with van der Waals surface area (Å²) in [6.07, 6.45) is 5.23. The van der Waals surface area contributed by atoms with Crippen LogP contribution in [0.3, 0.4) is 0 Å². The monoisotopic (exact) mass is 255 g/mol. The van der Waals surface area contributed by atoms with Crippen molar-refractivity contribution in [2.24, 2.45) is 5.18 Å². The number of nitrogens with zero attached hydrogens (tertiary/aromatic N) is 1. The summed E-state index contributed by atoms with van der Waals surface area (Å²) < 4.78 is 0. The van der Waals surface area contributed by atoms with Crippen molar-refractivity contribution in [1.82, 2.24) is 0 Å². The van der Waals surface area contributed by atoms with Crippen LogP contribution < -0.4 is 0 Å². The Morgan fingerprint density at radius 3 is 2.42 bits per heavy atom. The summed E-state index contributed by atoms with van der Waals surface area (Å²) in [6.45, 7) is 6.24. The summed E-state index contributed by atoms with van der Waals surface area (Å²) in [5.74, 6) is 0. The summed E-state index contributed by atoms with van der Waals surface area (Å²) in [5, 5.41) is 3.46. The Morgan fingerprint density at radius 1 is 1.21 bits per heavy atom. The molecule has 0 heterocycles. The largest absolute Gasteiger partial charge is 0.149 e. The van der Waals surface area contributed by atoms with E-state index in [9.17, 15) is 4.91 Å². The highest BCUT2D eigenvalue weighted by atomic mass is 16.3. The van der Waals surface area contributed by atoms with Crippen molar-refractivity contribution in [2.75, 3.05) is 0 Å². The minimum atomic E-state index is -0.734. The normalized spacial score (nSPS) is 18.8. The van der Waals surface area contributed by atoms with Gasteiger partial charge in [-0.25, -0.2) is 0 Å². The first-order valence-electron chi connectivity index (χ1n) is 6.91. The fraction of sp³-hybridized carbons (Fsp3) is 0.412. The second-order valence-corrected chi connectivity index (χ2v) is 5.34. The molecule has 100 valence electrons. The number of hydrogen-bond acceptors (Lipinski definition) is 2. The minimum absolute atomic E-state index is 0.734. The van der Waals surface area contributed by atoms with E-state index in [2.05, 4.69) is 25.1 Å². The molecule has 0 aromatic heterocycles. The summed E-state index contributed by atoms with van der Waals surface area (Å²) in [5.41, 5.74) is 4.16. The molecule has 2 nitrogen and oxygen atoms in total. The molecule has 19 heavy (non-hydrogen) atoms. The van der Waals surface area contributed by atoms with E-state index in [-0.39, 0.29) is 0 Å². The van der Waals surface area contributed by atoms with Crippen LogP contribution in [0.2, 0.25) is 0 Å². The van der Waals surface area contributed by atoms with Crippen molar-refractivity contribution in [1.29, 1.82) is 0 Å². The Morgan fingerprint density at radius 2 is 1.89 bits per heavy atom. The zero-order valence-electron chi connectivity index (χ0n) is 11.9. The van der Waals surface area contributed by atoms with E-state index >= 15 is 0 Å². The number of nitroso groups, excluding NO2 is 1. The quantitative estimate of drug-likeness (QED) is 0.687. The van der Waals surface area contributed by atoms with Crippen LogP contribution in [-0.4, -0.2) is 0 Å². The van der Waals surface area contributed by atoms with Gasteiger partial charge in [0.25, 0.3) is 0 Å². The third kappa shape index (κ3) is 2.53. The van der Waals surface area contributed by atoms with Crippen molar-refractivity contribution < 1.29 is 0 Å². The second-order valence-electron chi connectivity index (χ2n) is 5.34. The molecule has 1 unspecified atom stereocenters. The highest BCUT2D eigenvalue weighted by molar-refractivity contribution is 5.42. The van der Waals surface area contributed by atoms with Gasteiger partial charge in [-0.15, -0.1) is 4.91 Å². The van der Waals surface area contributed by atoms with Crippen molar-refractivity contribution in [3.8, 4) is 0 Å². The molecule has 0 N–H and O–H groups in total. The van der Waals surface area contributed by atoms with Gasteiger partial charge in [-0.05, 0) is 44.2 Å². The summed E-state index contributed by atoms with van der Waals surface area (Å²) in [6, 6.07) is 9.85. The first-order valence-corrected chi connectivity index (χ1v) is 6.91. The summed E-state index contributed by atoms with van der Waals surface area (Å²) >= 11 is 0. The molecule has 1 aromatic rings. The van der Waals surface area contributed by atoms with Crippen LogP contribution in [0.25, 0.3) is 0 Å². The van der Waals surface area contributed by atoms with Gasteiger partial charge in [0.1, 0.15) is 5.54 Å². The Kier molecular flexibility index (Phi) is 3.98. The van der Waals surface area contributed by atoms with E-state index in [1.807, 2.05) is 37.3 Å². The van der Waals surface area contributed by atoms with Gasteiger partial charge in [0.2, 0.25) is 0 Å². The van der Waals surface area contributed by atoms with Crippen molar-refractivity contribution in [3.05, 3.63) is 63.6 Å². The second kappa shape index (κ2) is 5.52. The van der Waals surface area contributed by atoms with Crippen molar-refractivity contribution >= 4 is 0 Å². The van der Waals surface area contributed by atoms with Crippen LogP contribution >= 0.6 is 0 Å². The van der Waals surface area contributed by atoms with Gasteiger partial charge in [-0.2, -0.15) is 0 Å². The molecule has 0 aliphatic heterocycles. The summed E-state index contributed by atoms with van der Waals surface area (Å²) in [4.78, 5) is 11.5. The molecule has 1 atom stereocenters. The molecule has 0 amide bonds. The van der Waals surface area contributed by atoms with Crippen LogP contribution in [0, 0.1) is 4.91 Å². The lowest BCUT2D eigenvalue weighted by Crippen LogP contribution is -2.23. The maximum Gasteiger partial charge on any atom is 0.146 e. The van der Waals surface area contributed by atoms with E-state index in [1.165, 1.54) is 11.1 Å². The third-order valence-electron chi connectivity index (χ3n) is 4.22. The first kappa shape index (κ1) is 13.7. The smallest absolute Gasteiger partial charge is 0.146 e. The Bertz CT molecular complexity index is 527. The van der Waals surface area contributed by atoms with Crippen LogP contribution in [0.5, 0.6) is 0 Å². The van der Waals surface area contributed by atoms with Gasteiger partial charge >= 0.3 is 0 Å². The molecule has 1 aliphatic rings. The van der Waals surface area contributed by atoms with E-state index in [4.69, 9.17) is 0 Å². The fourth-order valence-electron chi connectivity index (χ4n) is 2.82. The Labute approximate surface area is 115 Å².